The molecule has 5 heteroatoms. The smallest absolute Gasteiger partial charge is 0.237 e. The van der Waals surface area contributed by atoms with E-state index in [0.717, 1.165) is 0 Å². The van der Waals surface area contributed by atoms with Gasteiger partial charge in [0.25, 0.3) is 0 Å². The molecule has 0 saturated heterocycles. The Morgan fingerprint density at radius 3 is 2.77 bits per heavy atom. The number of hydrogen-bond acceptors (Lipinski definition) is 3. The largest absolute Gasteiger partial charge is 0.355 e. The van der Waals surface area contributed by atoms with Crippen molar-refractivity contribution in [2.24, 2.45) is 5.92 Å². The molecule has 0 spiro atoms. The van der Waals surface area contributed by atoms with Crippen LogP contribution in [-0.2, 0) is 15.6 Å². The molecule has 0 radical (unpaired) electrons. The average molecular weight is 202 g/mol. The fourth-order valence-electron chi connectivity index (χ4n) is 0.699. The molecule has 1 N–H and O–H groups in total. The van der Waals surface area contributed by atoms with Crippen molar-refractivity contribution < 1.29 is 9.00 Å². The minimum atomic E-state index is -0.809. The lowest BCUT2D eigenvalue weighted by Crippen LogP contribution is -2.29. The van der Waals surface area contributed by atoms with Crippen LogP contribution in [0.3, 0.4) is 0 Å². The summed E-state index contributed by atoms with van der Waals surface area (Å²) in [4.78, 5) is 11.0. The fourth-order valence-corrected chi connectivity index (χ4v) is 1.25. The second-order valence-corrected chi connectivity index (χ2v) is 4.33. The van der Waals surface area contributed by atoms with Crippen molar-refractivity contribution in [3.8, 4) is 6.07 Å². The Morgan fingerprint density at radius 2 is 2.31 bits per heavy atom. The minimum absolute atomic E-state index is 0.260. The van der Waals surface area contributed by atoms with E-state index >= 15 is 0 Å². The van der Waals surface area contributed by atoms with Gasteiger partial charge in [0.2, 0.25) is 5.91 Å². The van der Waals surface area contributed by atoms with Gasteiger partial charge in [0, 0.05) is 29.4 Å². The highest BCUT2D eigenvalue weighted by molar-refractivity contribution is 7.84. The zero-order chi connectivity index (χ0) is 10.3. The summed E-state index contributed by atoms with van der Waals surface area (Å²) < 4.78 is 10.6. The summed E-state index contributed by atoms with van der Waals surface area (Å²) in [6, 6.07) is 1.84. The third-order valence-electron chi connectivity index (χ3n) is 1.49. The zero-order valence-corrected chi connectivity index (χ0v) is 8.69. The second-order valence-electron chi connectivity index (χ2n) is 2.77. The van der Waals surface area contributed by atoms with Crippen LogP contribution in [0.4, 0.5) is 0 Å². The molecule has 0 aliphatic rings. The van der Waals surface area contributed by atoms with Crippen molar-refractivity contribution in [2.45, 2.75) is 13.3 Å². The summed E-state index contributed by atoms with van der Waals surface area (Å²) in [5, 5.41) is 11.0. The van der Waals surface area contributed by atoms with Crippen LogP contribution in [0.1, 0.15) is 13.3 Å². The lowest BCUT2D eigenvalue weighted by Gasteiger charge is -2.04. The third kappa shape index (κ3) is 6.29. The first-order chi connectivity index (χ1) is 6.07. The van der Waals surface area contributed by atoms with E-state index in [-0.39, 0.29) is 5.91 Å². The Balaban J connectivity index is 3.50. The van der Waals surface area contributed by atoms with E-state index in [4.69, 9.17) is 5.26 Å². The lowest BCUT2D eigenvalue weighted by atomic mass is 10.2. The summed E-state index contributed by atoms with van der Waals surface area (Å²) in [5.41, 5.74) is 0. The van der Waals surface area contributed by atoms with E-state index in [1.165, 1.54) is 0 Å². The van der Waals surface area contributed by atoms with E-state index in [9.17, 15) is 9.00 Å². The number of nitriles is 1. The van der Waals surface area contributed by atoms with Crippen LogP contribution in [0.2, 0.25) is 0 Å². The van der Waals surface area contributed by atoms with Crippen LogP contribution in [0, 0.1) is 17.2 Å². The molecule has 0 aromatic heterocycles. The Bertz CT molecular complexity index is 235. The molecule has 1 amide bonds. The topological polar surface area (TPSA) is 70.0 Å². The van der Waals surface area contributed by atoms with E-state index in [1.807, 2.05) is 6.07 Å². The van der Waals surface area contributed by atoms with Crippen LogP contribution in [0.15, 0.2) is 0 Å². The molecule has 0 saturated carbocycles. The van der Waals surface area contributed by atoms with Crippen molar-refractivity contribution in [1.82, 2.24) is 5.32 Å². The fraction of sp³-hybridized carbons (Fsp3) is 0.750. The Morgan fingerprint density at radius 1 is 1.69 bits per heavy atom. The van der Waals surface area contributed by atoms with Crippen molar-refractivity contribution >= 4 is 16.7 Å². The van der Waals surface area contributed by atoms with Crippen molar-refractivity contribution in [3.63, 3.8) is 0 Å². The number of nitrogens with one attached hydrogen (secondary N) is 1. The monoisotopic (exact) mass is 202 g/mol. The number of nitrogens with zero attached hydrogens (tertiary/aromatic N) is 1. The van der Waals surface area contributed by atoms with Gasteiger partial charge in [0.15, 0.2) is 0 Å². The van der Waals surface area contributed by atoms with Gasteiger partial charge in [-0.1, -0.05) is 0 Å². The number of rotatable bonds is 5. The summed E-state index contributed by atoms with van der Waals surface area (Å²) in [6.45, 7) is 2.04. The molecule has 0 heterocycles. The molecule has 0 aromatic rings. The van der Waals surface area contributed by atoms with Gasteiger partial charge in [-0.2, -0.15) is 5.26 Å². The van der Waals surface area contributed by atoms with Crippen LogP contribution < -0.4 is 5.32 Å². The minimum Gasteiger partial charge on any atom is -0.355 e. The summed E-state index contributed by atoms with van der Waals surface area (Å²) in [6.07, 6.45) is 2.31. The number of hydrogen-bond donors (Lipinski definition) is 1. The summed E-state index contributed by atoms with van der Waals surface area (Å²) >= 11 is 0. The van der Waals surface area contributed by atoms with E-state index < -0.39 is 16.7 Å². The number of carbonyl (C=O) groups excluding carboxylic acids is 1. The predicted octanol–water partition coefficient (Wildman–Crippen LogP) is 0.0309. The maximum Gasteiger partial charge on any atom is 0.237 e. The normalized spacial score (nSPS) is 14.2. The first-order valence-corrected chi connectivity index (χ1v) is 5.78. The number of carbonyl (C=O) groups is 1. The van der Waals surface area contributed by atoms with Crippen LogP contribution in [0.5, 0.6) is 0 Å². The van der Waals surface area contributed by atoms with Gasteiger partial charge in [0.05, 0.1) is 6.07 Å². The van der Waals surface area contributed by atoms with Gasteiger partial charge in [0.1, 0.15) is 5.92 Å². The van der Waals surface area contributed by atoms with Gasteiger partial charge in [-0.15, -0.1) is 0 Å². The predicted molar refractivity (Wildman–Crippen MR) is 51.3 cm³/mol. The van der Waals surface area contributed by atoms with Gasteiger partial charge in [-0.25, -0.2) is 0 Å². The van der Waals surface area contributed by atoms with Gasteiger partial charge in [-0.05, 0) is 13.3 Å². The SMILES string of the molecule is CC(C#N)C(=O)NCCCS(C)=O. The standard InChI is InChI=1S/C8H14N2O2S/c1-7(6-9)8(11)10-4-3-5-13(2)12/h7H,3-5H2,1-2H3,(H,10,11). The molecular weight excluding hydrogens is 188 g/mol. The van der Waals surface area contributed by atoms with Gasteiger partial charge in [-0.3, -0.25) is 9.00 Å². The molecule has 0 fully saturated rings. The molecule has 0 aromatic carbocycles. The average Bonchev–Trinajstić information content (AvgIpc) is 2.10. The third-order valence-corrected chi connectivity index (χ3v) is 2.36. The van der Waals surface area contributed by atoms with Crippen molar-refractivity contribution in [3.05, 3.63) is 0 Å². The maximum absolute atomic E-state index is 11.0. The molecule has 0 aliphatic heterocycles. The molecule has 0 aliphatic carbocycles. The molecular formula is C8H14N2O2S. The zero-order valence-electron chi connectivity index (χ0n) is 7.87. The van der Waals surface area contributed by atoms with Crippen molar-refractivity contribution in [1.29, 1.82) is 5.26 Å². The molecule has 13 heavy (non-hydrogen) atoms. The van der Waals surface area contributed by atoms with Crippen LogP contribution >= 0.6 is 0 Å². The van der Waals surface area contributed by atoms with E-state index in [1.54, 1.807) is 13.2 Å². The van der Waals surface area contributed by atoms with E-state index in [0.29, 0.717) is 18.7 Å². The molecule has 2 atom stereocenters. The van der Waals surface area contributed by atoms with Crippen molar-refractivity contribution in [2.75, 3.05) is 18.6 Å². The van der Waals surface area contributed by atoms with Crippen LogP contribution in [0.25, 0.3) is 0 Å². The molecule has 2 unspecified atom stereocenters. The summed E-state index contributed by atoms with van der Waals surface area (Å²) in [5.74, 6) is -0.280. The van der Waals surface area contributed by atoms with E-state index in [2.05, 4.69) is 5.32 Å². The molecule has 0 bridgehead atoms. The summed E-state index contributed by atoms with van der Waals surface area (Å²) in [7, 11) is -0.809. The second kappa shape index (κ2) is 6.61. The lowest BCUT2D eigenvalue weighted by molar-refractivity contribution is -0.122. The molecule has 74 valence electrons. The highest BCUT2D eigenvalue weighted by Crippen LogP contribution is 1.91. The maximum atomic E-state index is 11.0. The first kappa shape index (κ1) is 12.1. The van der Waals surface area contributed by atoms with Gasteiger partial charge < -0.3 is 5.32 Å². The van der Waals surface area contributed by atoms with Crippen LogP contribution in [-0.4, -0.2) is 28.7 Å². The quantitative estimate of drug-likeness (QED) is 0.639. The molecule has 4 nitrogen and oxygen atoms in total. The number of amides is 1. The van der Waals surface area contributed by atoms with Gasteiger partial charge >= 0.3 is 0 Å². The highest BCUT2D eigenvalue weighted by atomic mass is 32.2. The Kier molecular flexibility index (Phi) is 6.15. The molecule has 0 rings (SSSR count). The Hall–Kier alpha value is -0.890. The Labute approximate surface area is 80.8 Å². The highest BCUT2D eigenvalue weighted by Gasteiger charge is 2.09. The first-order valence-electron chi connectivity index (χ1n) is 4.05.